The van der Waals surface area contributed by atoms with Crippen molar-refractivity contribution < 1.29 is 0 Å². The lowest BCUT2D eigenvalue weighted by atomic mass is 9.98. The number of nitrogens with zero attached hydrogens (tertiary/aromatic N) is 5. The molecule has 0 saturated carbocycles. The number of H-pyrrole nitrogens is 1. The van der Waals surface area contributed by atoms with E-state index in [-0.39, 0.29) is 5.92 Å². The Hall–Kier alpha value is -2.44. The Labute approximate surface area is 153 Å². The second kappa shape index (κ2) is 6.13. The molecule has 0 fully saturated rings. The van der Waals surface area contributed by atoms with Crippen LogP contribution in [0.15, 0.2) is 36.4 Å². The van der Waals surface area contributed by atoms with Gasteiger partial charge in [0, 0.05) is 33.6 Å². The molecule has 1 N–H and O–H groups in total. The second-order valence-electron chi connectivity index (χ2n) is 5.84. The fraction of sp³-hybridized carbons (Fsp3) is 0.176. The third kappa shape index (κ3) is 2.67. The first-order valence-corrected chi connectivity index (χ1v) is 8.46. The molecule has 6 nitrogen and oxygen atoms in total. The van der Waals surface area contributed by atoms with Gasteiger partial charge in [-0.1, -0.05) is 47.5 Å². The lowest BCUT2D eigenvalue weighted by Crippen LogP contribution is -2.06. The summed E-state index contributed by atoms with van der Waals surface area (Å²) < 4.78 is 1.87. The van der Waals surface area contributed by atoms with Crippen molar-refractivity contribution in [3.8, 4) is 11.1 Å². The van der Waals surface area contributed by atoms with Gasteiger partial charge in [-0.15, -0.1) is 5.10 Å². The number of aromatic nitrogens is 6. The molecule has 0 aliphatic rings. The zero-order valence-corrected chi connectivity index (χ0v) is 15.0. The first-order chi connectivity index (χ1) is 12.1. The highest BCUT2D eigenvalue weighted by Crippen LogP contribution is 2.37. The van der Waals surface area contributed by atoms with Crippen LogP contribution in [0.1, 0.15) is 24.4 Å². The van der Waals surface area contributed by atoms with Crippen molar-refractivity contribution in [2.24, 2.45) is 7.05 Å². The maximum Gasteiger partial charge on any atom is 0.157 e. The van der Waals surface area contributed by atoms with Gasteiger partial charge in [0.15, 0.2) is 5.82 Å². The Kier molecular flexibility index (Phi) is 3.94. The van der Waals surface area contributed by atoms with Crippen molar-refractivity contribution in [2.45, 2.75) is 12.8 Å². The molecule has 0 aliphatic heterocycles. The van der Waals surface area contributed by atoms with Crippen molar-refractivity contribution in [1.82, 2.24) is 30.4 Å². The lowest BCUT2D eigenvalue weighted by Gasteiger charge is -2.09. The van der Waals surface area contributed by atoms with E-state index in [1.807, 2.05) is 49.0 Å². The first-order valence-electron chi connectivity index (χ1n) is 7.71. The minimum absolute atomic E-state index is 0.0269. The molecule has 0 spiro atoms. The van der Waals surface area contributed by atoms with Gasteiger partial charge in [0.05, 0.1) is 11.6 Å². The maximum atomic E-state index is 6.40. The fourth-order valence-electron chi connectivity index (χ4n) is 3.15. The molecule has 0 radical (unpaired) electrons. The quantitative estimate of drug-likeness (QED) is 0.584. The second-order valence-corrected chi connectivity index (χ2v) is 6.69. The van der Waals surface area contributed by atoms with Crippen LogP contribution in [0.5, 0.6) is 0 Å². The van der Waals surface area contributed by atoms with Crippen LogP contribution in [0.25, 0.3) is 22.0 Å². The molecular weight excluding hydrogens is 359 g/mol. The Balaban J connectivity index is 1.93. The molecule has 4 aromatic rings. The summed E-state index contributed by atoms with van der Waals surface area (Å²) in [5.74, 6) is 0.667. The van der Waals surface area contributed by atoms with Crippen molar-refractivity contribution >= 4 is 34.1 Å². The zero-order valence-electron chi connectivity index (χ0n) is 13.5. The number of tetrazole rings is 1. The van der Waals surface area contributed by atoms with E-state index in [0.29, 0.717) is 15.9 Å². The summed E-state index contributed by atoms with van der Waals surface area (Å²) in [7, 11) is 1.92. The number of rotatable bonds is 3. The van der Waals surface area contributed by atoms with Crippen LogP contribution in [0.4, 0.5) is 0 Å². The summed E-state index contributed by atoms with van der Waals surface area (Å²) in [4.78, 5) is 0. The Morgan fingerprint density at radius 2 is 1.96 bits per heavy atom. The number of hydrogen-bond donors (Lipinski definition) is 1. The standard InChI is InChI=1S/C17H14Cl2N6/c1-9(17-20-23-24-21-17)16-13-5-3-4-12(15(13)22-25(16)2)11-7-6-10(18)8-14(11)19/h3-9H,1-2H3,(H,20,21,23,24). The van der Waals surface area contributed by atoms with Gasteiger partial charge in [-0.25, -0.2) is 5.10 Å². The molecule has 2 aromatic heterocycles. The monoisotopic (exact) mass is 372 g/mol. The molecular formula is C17H14Cl2N6. The molecule has 4 rings (SSSR count). The van der Waals surface area contributed by atoms with Crippen LogP contribution in [0.2, 0.25) is 10.0 Å². The lowest BCUT2D eigenvalue weighted by molar-refractivity contribution is 0.674. The van der Waals surface area contributed by atoms with Crippen molar-refractivity contribution in [2.75, 3.05) is 0 Å². The average Bonchev–Trinajstić information content (AvgIpc) is 3.21. The van der Waals surface area contributed by atoms with Crippen LogP contribution in [-0.2, 0) is 7.05 Å². The number of benzene rings is 2. The number of nitrogens with one attached hydrogen (secondary N) is 1. The number of aromatic amines is 1. The van der Waals surface area contributed by atoms with Gasteiger partial charge in [0.1, 0.15) is 5.52 Å². The minimum Gasteiger partial charge on any atom is -0.271 e. The molecule has 2 heterocycles. The summed E-state index contributed by atoms with van der Waals surface area (Å²) in [5, 5.41) is 21.2. The average molecular weight is 373 g/mol. The van der Waals surface area contributed by atoms with E-state index in [1.54, 1.807) is 6.07 Å². The third-order valence-corrected chi connectivity index (χ3v) is 4.86. The van der Waals surface area contributed by atoms with E-state index < -0.39 is 0 Å². The zero-order chi connectivity index (χ0) is 17.6. The highest BCUT2D eigenvalue weighted by atomic mass is 35.5. The molecule has 8 heteroatoms. The largest absolute Gasteiger partial charge is 0.271 e. The van der Waals surface area contributed by atoms with Gasteiger partial charge in [0.25, 0.3) is 0 Å². The minimum atomic E-state index is -0.0269. The molecule has 0 saturated heterocycles. The SMILES string of the molecule is CC(c1nnn[nH]1)c1c2cccc(-c3ccc(Cl)cc3Cl)c2nn1C. The normalized spacial score (nSPS) is 12.6. The van der Waals surface area contributed by atoms with Gasteiger partial charge in [0.2, 0.25) is 0 Å². The Morgan fingerprint density at radius 3 is 2.68 bits per heavy atom. The third-order valence-electron chi connectivity index (χ3n) is 4.31. The van der Waals surface area contributed by atoms with Crippen LogP contribution in [0.3, 0.4) is 0 Å². The van der Waals surface area contributed by atoms with Gasteiger partial charge in [-0.2, -0.15) is 5.10 Å². The summed E-state index contributed by atoms with van der Waals surface area (Å²) in [5.41, 5.74) is 3.77. The highest BCUT2D eigenvalue weighted by Gasteiger charge is 2.22. The van der Waals surface area contributed by atoms with E-state index in [2.05, 4.69) is 20.6 Å². The van der Waals surface area contributed by atoms with Gasteiger partial charge >= 0.3 is 0 Å². The fourth-order valence-corrected chi connectivity index (χ4v) is 3.66. The van der Waals surface area contributed by atoms with Crippen LogP contribution in [-0.4, -0.2) is 30.4 Å². The summed E-state index contributed by atoms with van der Waals surface area (Å²) in [6.07, 6.45) is 0. The highest BCUT2D eigenvalue weighted by molar-refractivity contribution is 6.36. The van der Waals surface area contributed by atoms with E-state index in [4.69, 9.17) is 28.3 Å². The summed E-state index contributed by atoms with van der Waals surface area (Å²) in [6, 6.07) is 11.5. The van der Waals surface area contributed by atoms with E-state index in [9.17, 15) is 0 Å². The molecule has 1 atom stereocenters. The van der Waals surface area contributed by atoms with Gasteiger partial charge in [-0.3, -0.25) is 4.68 Å². The molecule has 0 aliphatic carbocycles. The summed E-state index contributed by atoms with van der Waals surface area (Å²) >= 11 is 12.4. The van der Waals surface area contributed by atoms with Gasteiger partial charge < -0.3 is 0 Å². The van der Waals surface area contributed by atoms with Crippen molar-refractivity contribution in [1.29, 1.82) is 0 Å². The van der Waals surface area contributed by atoms with E-state index in [1.165, 1.54) is 0 Å². The predicted octanol–water partition coefficient (Wildman–Crippen LogP) is 4.21. The van der Waals surface area contributed by atoms with E-state index in [0.717, 1.165) is 27.7 Å². The molecule has 25 heavy (non-hydrogen) atoms. The Bertz CT molecular complexity index is 1050. The van der Waals surface area contributed by atoms with Crippen LogP contribution in [0, 0.1) is 0 Å². The van der Waals surface area contributed by atoms with Crippen molar-refractivity contribution in [3.63, 3.8) is 0 Å². The predicted molar refractivity (Wildman–Crippen MR) is 97.9 cm³/mol. The van der Waals surface area contributed by atoms with Crippen LogP contribution >= 0.6 is 23.2 Å². The van der Waals surface area contributed by atoms with Crippen LogP contribution < -0.4 is 0 Å². The smallest absolute Gasteiger partial charge is 0.157 e. The number of fused-ring (bicyclic) bond motifs is 1. The number of halogens is 2. The molecule has 126 valence electrons. The number of aryl methyl sites for hydroxylation is 1. The molecule has 2 aromatic carbocycles. The van der Waals surface area contributed by atoms with Crippen molar-refractivity contribution in [3.05, 3.63) is 58.0 Å². The number of hydrogen-bond acceptors (Lipinski definition) is 4. The summed E-state index contributed by atoms with van der Waals surface area (Å²) in [6.45, 7) is 2.04. The van der Waals surface area contributed by atoms with Gasteiger partial charge in [-0.05, 0) is 29.5 Å². The van der Waals surface area contributed by atoms with E-state index >= 15 is 0 Å². The first kappa shape index (κ1) is 16.1. The maximum absolute atomic E-state index is 6.40. The molecule has 1 unspecified atom stereocenters. The molecule has 0 amide bonds. The molecule has 0 bridgehead atoms. The Morgan fingerprint density at radius 1 is 1.12 bits per heavy atom. The topological polar surface area (TPSA) is 72.3 Å².